The third kappa shape index (κ3) is 3.53. The average molecular weight is 411 g/mol. The molecule has 1 saturated heterocycles. The fourth-order valence-corrected chi connectivity index (χ4v) is 5.40. The number of hydrogen-bond donors (Lipinski definition) is 0. The molecular weight excluding hydrogens is 391 g/mol. The Bertz CT molecular complexity index is 1100. The van der Waals surface area contributed by atoms with Crippen LogP contribution in [0.5, 0.6) is 0 Å². The van der Waals surface area contributed by atoms with Crippen molar-refractivity contribution in [3.63, 3.8) is 0 Å². The van der Waals surface area contributed by atoms with Gasteiger partial charge in [0.1, 0.15) is 22.8 Å². The summed E-state index contributed by atoms with van der Waals surface area (Å²) in [6, 6.07) is 13.2. The van der Waals surface area contributed by atoms with Crippen LogP contribution >= 0.6 is 22.7 Å². The van der Waals surface area contributed by atoms with E-state index in [0.717, 1.165) is 59.2 Å². The molecule has 4 nitrogen and oxygen atoms in total. The molecule has 0 saturated carbocycles. The first kappa shape index (κ1) is 17.7. The van der Waals surface area contributed by atoms with Gasteiger partial charge >= 0.3 is 0 Å². The van der Waals surface area contributed by atoms with Crippen LogP contribution < -0.4 is 4.90 Å². The highest BCUT2D eigenvalue weighted by Gasteiger charge is 2.20. The molecule has 1 aromatic carbocycles. The molecule has 0 bridgehead atoms. The monoisotopic (exact) mass is 410 g/mol. The number of halogens is 1. The van der Waals surface area contributed by atoms with Gasteiger partial charge in [0.15, 0.2) is 0 Å². The summed E-state index contributed by atoms with van der Waals surface area (Å²) >= 11 is 3.41. The molecule has 1 aliphatic rings. The second kappa shape index (κ2) is 7.58. The van der Waals surface area contributed by atoms with Gasteiger partial charge in [0, 0.05) is 42.5 Å². The summed E-state index contributed by atoms with van der Waals surface area (Å²) in [5.74, 6) is 0.864. The molecule has 28 heavy (non-hydrogen) atoms. The molecule has 1 fully saturated rings. The molecule has 142 valence electrons. The number of nitrogens with zero attached hydrogens (tertiary/aromatic N) is 4. The molecule has 4 heterocycles. The first-order valence-electron chi connectivity index (χ1n) is 9.26. The molecule has 0 radical (unpaired) electrons. The maximum Gasteiger partial charge on any atom is 0.140 e. The molecule has 0 aliphatic carbocycles. The van der Waals surface area contributed by atoms with E-state index in [1.54, 1.807) is 41.1 Å². The zero-order valence-electron chi connectivity index (χ0n) is 15.2. The summed E-state index contributed by atoms with van der Waals surface area (Å²) in [6.45, 7) is 4.87. The lowest BCUT2D eigenvalue weighted by atomic mass is 10.2. The van der Waals surface area contributed by atoms with Crippen molar-refractivity contribution in [2.24, 2.45) is 0 Å². The summed E-state index contributed by atoms with van der Waals surface area (Å²) in [5, 5.41) is 3.23. The van der Waals surface area contributed by atoms with Crippen molar-refractivity contribution in [1.29, 1.82) is 0 Å². The number of benzene rings is 1. The summed E-state index contributed by atoms with van der Waals surface area (Å²) < 4.78 is 13.5. The van der Waals surface area contributed by atoms with Crippen LogP contribution in [-0.2, 0) is 6.54 Å². The van der Waals surface area contributed by atoms with E-state index in [2.05, 4.69) is 43.3 Å². The summed E-state index contributed by atoms with van der Waals surface area (Å²) in [7, 11) is 0. The largest absolute Gasteiger partial charge is 0.353 e. The summed E-state index contributed by atoms with van der Waals surface area (Å²) in [5.41, 5.74) is 0.949. The fraction of sp³-hybridized carbons (Fsp3) is 0.238. The van der Waals surface area contributed by atoms with Crippen molar-refractivity contribution < 1.29 is 4.39 Å². The topological polar surface area (TPSA) is 32.3 Å². The third-order valence-corrected chi connectivity index (χ3v) is 7.00. The van der Waals surface area contributed by atoms with E-state index in [9.17, 15) is 4.39 Å². The van der Waals surface area contributed by atoms with Crippen LogP contribution in [0.2, 0.25) is 0 Å². The Morgan fingerprint density at radius 1 is 1.00 bits per heavy atom. The lowest BCUT2D eigenvalue weighted by molar-refractivity contribution is 0.251. The predicted octanol–water partition coefficient (Wildman–Crippen LogP) is 4.88. The number of aromatic nitrogens is 2. The van der Waals surface area contributed by atoms with E-state index in [4.69, 9.17) is 0 Å². The first-order chi connectivity index (χ1) is 13.8. The predicted molar refractivity (Wildman–Crippen MR) is 115 cm³/mol. The van der Waals surface area contributed by atoms with E-state index >= 15 is 0 Å². The molecule has 4 aromatic rings. The van der Waals surface area contributed by atoms with Gasteiger partial charge < -0.3 is 4.90 Å². The Labute approximate surface area is 170 Å². The van der Waals surface area contributed by atoms with Gasteiger partial charge in [-0.15, -0.1) is 22.7 Å². The SMILES string of the molecule is Fc1cccc(-c2ccc(CN3CCN(c4ncnc5sccc45)CC3)s2)c1. The summed E-state index contributed by atoms with van der Waals surface area (Å²) in [4.78, 5) is 17.2. The Balaban J connectivity index is 1.24. The minimum absolute atomic E-state index is 0.187. The fourth-order valence-electron chi connectivity index (χ4n) is 3.63. The number of hydrogen-bond acceptors (Lipinski definition) is 6. The van der Waals surface area contributed by atoms with Crippen LogP contribution in [0.25, 0.3) is 20.7 Å². The molecule has 0 unspecified atom stereocenters. The molecule has 5 rings (SSSR count). The van der Waals surface area contributed by atoms with E-state index in [0.29, 0.717) is 0 Å². The second-order valence-electron chi connectivity index (χ2n) is 6.88. The Morgan fingerprint density at radius 2 is 1.89 bits per heavy atom. The minimum Gasteiger partial charge on any atom is -0.353 e. The van der Waals surface area contributed by atoms with Crippen LogP contribution in [0.3, 0.4) is 0 Å². The first-order valence-corrected chi connectivity index (χ1v) is 11.0. The molecule has 0 spiro atoms. The van der Waals surface area contributed by atoms with E-state index in [1.807, 2.05) is 6.07 Å². The molecule has 1 aliphatic heterocycles. The van der Waals surface area contributed by atoms with Gasteiger partial charge in [-0.05, 0) is 41.3 Å². The second-order valence-corrected chi connectivity index (χ2v) is 8.94. The van der Waals surface area contributed by atoms with Gasteiger partial charge in [0.2, 0.25) is 0 Å². The normalized spacial score (nSPS) is 15.4. The minimum atomic E-state index is -0.187. The highest BCUT2D eigenvalue weighted by molar-refractivity contribution is 7.16. The molecule has 0 amide bonds. The Kier molecular flexibility index (Phi) is 4.80. The maximum atomic E-state index is 13.5. The van der Waals surface area contributed by atoms with Crippen LogP contribution in [0.15, 0.2) is 54.2 Å². The molecule has 0 atom stereocenters. The van der Waals surface area contributed by atoms with Crippen molar-refractivity contribution in [3.05, 3.63) is 64.9 Å². The number of thiophene rings is 2. The van der Waals surface area contributed by atoms with Crippen LogP contribution in [-0.4, -0.2) is 41.0 Å². The van der Waals surface area contributed by atoms with Gasteiger partial charge in [-0.3, -0.25) is 4.90 Å². The average Bonchev–Trinajstić information content (AvgIpc) is 3.38. The number of rotatable bonds is 4. The van der Waals surface area contributed by atoms with E-state index in [-0.39, 0.29) is 5.82 Å². The van der Waals surface area contributed by atoms with Crippen LogP contribution in [0, 0.1) is 5.82 Å². The maximum absolute atomic E-state index is 13.5. The molecular formula is C21H19FN4S2. The van der Waals surface area contributed by atoms with Gasteiger partial charge in [-0.25, -0.2) is 14.4 Å². The van der Waals surface area contributed by atoms with Gasteiger partial charge in [0.25, 0.3) is 0 Å². The Morgan fingerprint density at radius 3 is 2.75 bits per heavy atom. The van der Waals surface area contributed by atoms with Crippen molar-refractivity contribution in [3.8, 4) is 10.4 Å². The van der Waals surface area contributed by atoms with Gasteiger partial charge in [-0.2, -0.15) is 0 Å². The lowest BCUT2D eigenvalue weighted by Crippen LogP contribution is -2.46. The van der Waals surface area contributed by atoms with Gasteiger partial charge in [-0.1, -0.05) is 12.1 Å². The van der Waals surface area contributed by atoms with Crippen molar-refractivity contribution in [1.82, 2.24) is 14.9 Å². The van der Waals surface area contributed by atoms with Crippen LogP contribution in [0.1, 0.15) is 4.88 Å². The third-order valence-electron chi connectivity index (χ3n) is 5.06. The van der Waals surface area contributed by atoms with Crippen LogP contribution in [0.4, 0.5) is 10.2 Å². The highest BCUT2D eigenvalue weighted by atomic mass is 32.1. The van der Waals surface area contributed by atoms with E-state index < -0.39 is 0 Å². The molecule has 7 heteroatoms. The quantitative estimate of drug-likeness (QED) is 0.480. The highest BCUT2D eigenvalue weighted by Crippen LogP contribution is 2.30. The van der Waals surface area contributed by atoms with Crippen molar-refractivity contribution in [2.75, 3.05) is 31.1 Å². The molecule has 0 N–H and O–H groups in total. The van der Waals surface area contributed by atoms with Crippen molar-refractivity contribution >= 4 is 38.7 Å². The Hall–Kier alpha value is -2.35. The molecule has 3 aromatic heterocycles. The zero-order valence-corrected chi connectivity index (χ0v) is 16.8. The smallest absolute Gasteiger partial charge is 0.140 e. The number of anilines is 1. The number of fused-ring (bicyclic) bond motifs is 1. The van der Waals surface area contributed by atoms with Gasteiger partial charge in [0.05, 0.1) is 5.39 Å². The number of piperazine rings is 1. The van der Waals surface area contributed by atoms with E-state index in [1.165, 1.54) is 10.9 Å². The van der Waals surface area contributed by atoms with Crippen molar-refractivity contribution in [2.45, 2.75) is 6.54 Å². The standard InChI is InChI=1S/C21H19FN4S2/c22-16-3-1-2-15(12-16)19-5-4-17(28-19)13-25-7-9-26(10-8-25)20-18-6-11-27-21(18)24-14-23-20/h1-6,11-12,14H,7-10,13H2. The summed E-state index contributed by atoms with van der Waals surface area (Å²) in [6.07, 6.45) is 1.67. The lowest BCUT2D eigenvalue weighted by Gasteiger charge is -2.35. The zero-order chi connectivity index (χ0) is 18.9.